The lowest BCUT2D eigenvalue weighted by atomic mass is 9.55. The van der Waals surface area contributed by atoms with E-state index in [-0.39, 0.29) is 10.1 Å². The van der Waals surface area contributed by atoms with Gasteiger partial charge in [0, 0.05) is 6.61 Å². The highest BCUT2D eigenvalue weighted by Crippen LogP contribution is 2.64. The van der Waals surface area contributed by atoms with Crippen LogP contribution in [0.1, 0.15) is 155 Å². The van der Waals surface area contributed by atoms with E-state index in [1.807, 2.05) is 0 Å². The monoisotopic (exact) mass is 671 g/mol. The molecule has 1 N–H and O–H groups in total. The molecule has 3 aliphatic rings. The number of hydrogen-bond acceptors (Lipinski definition) is 3. The Balaban J connectivity index is 1.45. The standard InChI is InChI=1S/C41H74O3Si2/c1-39(2,3)45(8,9)43-33-23-25-34-31(29-33)22-24-36-35(34)26-27-41(7)37(36)30-32(38(41)44-46(10,11)40(4,5)6)21-19-17-15-13-12-14-16-18-20-28-42/h23,25,29,32,35-38,42H,12-22,24,26-28,30H2,1-11H3/t32-,35+,36+,37-,38-,41-/m0/s1. The number of benzene rings is 1. The fourth-order valence-electron chi connectivity index (χ4n) is 8.95. The number of unbranched alkanes of at least 4 members (excludes halogenated alkanes) is 8. The summed E-state index contributed by atoms with van der Waals surface area (Å²) in [6, 6.07) is 7.21. The van der Waals surface area contributed by atoms with Crippen molar-refractivity contribution in [2.75, 3.05) is 6.61 Å². The fourth-order valence-corrected chi connectivity index (χ4v) is 11.4. The second-order valence-electron chi connectivity index (χ2n) is 19.2. The first-order valence-corrected chi connectivity index (χ1v) is 25.3. The number of aliphatic hydroxyl groups excluding tert-OH is 1. The highest BCUT2D eigenvalue weighted by molar-refractivity contribution is 6.75. The van der Waals surface area contributed by atoms with E-state index in [9.17, 15) is 0 Å². The molecule has 0 radical (unpaired) electrons. The summed E-state index contributed by atoms with van der Waals surface area (Å²) in [5.41, 5.74) is 3.51. The quantitative estimate of drug-likeness (QED) is 0.149. The van der Waals surface area contributed by atoms with Gasteiger partial charge in [0.15, 0.2) is 8.32 Å². The molecule has 1 aromatic carbocycles. The molecule has 0 aliphatic heterocycles. The van der Waals surface area contributed by atoms with Crippen LogP contribution < -0.4 is 4.43 Å². The molecule has 2 saturated carbocycles. The summed E-state index contributed by atoms with van der Waals surface area (Å²) in [5, 5.41) is 9.46. The second-order valence-corrected chi connectivity index (χ2v) is 28.7. The van der Waals surface area contributed by atoms with Gasteiger partial charge in [-0.25, -0.2) is 0 Å². The van der Waals surface area contributed by atoms with Gasteiger partial charge >= 0.3 is 0 Å². The highest BCUT2D eigenvalue weighted by atomic mass is 28.4. The molecule has 6 atom stereocenters. The van der Waals surface area contributed by atoms with Crippen LogP contribution in [0, 0.1) is 23.2 Å². The summed E-state index contributed by atoms with van der Waals surface area (Å²) >= 11 is 0. The maximum absolute atomic E-state index is 9.01. The van der Waals surface area contributed by atoms with Crippen LogP contribution in [0.3, 0.4) is 0 Å². The van der Waals surface area contributed by atoms with Crippen LogP contribution in [0.4, 0.5) is 0 Å². The third kappa shape index (κ3) is 8.56. The molecule has 0 amide bonds. The molecule has 0 spiro atoms. The minimum Gasteiger partial charge on any atom is -0.543 e. The van der Waals surface area contributed by atoms with Gasteiger partial charge in [-0.3, -0.25) is 0 Å². The van der Waals surface area contributed by atoms with E-state index >= 15 is 0 Å². The third-order valence-electron chi connectivity index (χ3n) is 13.9. The van der Waals surface area contributed by atoms with Crippen molar-refractivity contribution in [3.05, 3.63) is 29.3 Å². The normalized spacial score (nSPS) is 28.5. The average Bonchev–Trinajstić information content (AvgIpc) is 3.23. The molecule has 2 fully saturated rings. The number of fused-ring (bicyclic) bond motifs is 5. The largest absolute Gasteiger partial charge is 0.543 e. The zero-order valence-corrected chi connectivity index (χ0v) is 34.2. The zero-order valence-electron chi connectivity index (χ0n) is 32.2. The number of rotatable bonds is 15. The first-order valence-electron chi connectivity index (χ1n) is 19.5. The summed E-state index contributed by atoms with van der Waals surface area (Å²) in [6.07, 6.45) is 20.0. The SMILES string of the molecule is CC(C)(C)[Si](C)(C)Oc1ccc2c(c1)CC[C@@H]1[C@@H]2CC[C@@]2(C)[C@H]1C[C@H](CCCCCCCCCCCO)[C@@H]2O[Si](C)(C)C(C)(C)C. The van der Waals surface area contributed by atoms with E-state index in [1.54, 1.807) is 11.1 Å². The molecule has 0 heterocycles. The Hall–Kier alpha value is -0.626. The van der Waals surface area contributed by atoms with Crippen LogP contribution >= 0.6 is 0 Å². The van der Waals surface area contributed by atoms with Crippen molar-refractivity contribution in [2.45, 2.75) is 193 Å². The van der Waals surface area contributed by atoms with Gasteiger partial charge < -0.3 is 14.0 Å². The van der Waals surface area contributed by atoms with Crippen molar-refractivity contribution in [3.8, 4) is 5.75 Å². The van der Waals surface area contributed by atoms with Crippen molar-refractivity contribution in [1.82, 2.24) is 0 Å². The lowest BCUT2D eigenvalue weighted by Crippen LogP contribution is -2.51. The van der Waals surface area contributed by atoms with Gasteiger partial charge in [0.1, 0.15) is 5.75 Å². The molecule has 46 heavy (non-hydrogen) atoms. The van der Waals surface area contributed by atoms with E-state index in [0.717, 1.165) is 24.0 Å². The highest BCUT2D eigenvalue weighted by Gasteiger charge is 2.60. The first-order chi connectivity index (χ1) is 21.4. The molecule has 0 bridgehead atoms. The van der Waals surface area contributed by atoms with Crippen LogP contribution in [0.15, 0.2) is 18.2 Å². The average molecular weight is 671 g/mol. The van der Waals surface area contributed by atoms with E-state index in [1.165, 1.54) is 89.9 Å². The predicted molar refractivity (Wildman–Crippen MR) is 203 cm³/mol. The predicted octanol–water partition coefficient (Wildman–Crippen LogP) is 12.4. The van der Waals surface area contributed by atoms with Crippen molar-refractivity contribution in [1.29, 1.82) is 0 Å². The summed E-state index contributed by atoms with van der Waals surface area (Å²) in [7, 11) is -3.73. The van der Waals surface area contributed by atoms with Gasteiger partial charge in [0.2, 0.25) is 8.32 Å². The molecule has 3 nitrogen and oxygen atoms in total. The zero-order chi connectivity index (χ0) is 34.0. The summed E-state index contributed by atoms with van der Waals surface area (Å²) in [5.74, 6) is 4.09. The molecule has 1 aromatic rings. The Morgan fingerprint density at radius 3 is 1.98 bits per heavy atom. The van der Waals surface area contributed by atoms with Crippen LogP contribution in [-0.4, -0.2) is 34.5 Å². The number of aliphatic hydroxyl groups is 1. The van der Waals surface area contributed by atoms with Crippen LogP contribution in [0.5, 0.6) is 5.75 Å². The maximum atomic E-state index is 9.01. The molecule has 0 unspecified atom stereocenters. The molecule has 5 heteroatoms. The van der Waals surface area contributed by atoms with Gasteiger partial charge in [-0.1, -0.05) is 106 Å². The van der Waals surface area contributed by atoms with Crippen LogP contribution in [0.25, 0.3) is 0 Å². The maximum Gasteiger partial charge on any atom is 0.250 e. The van der Waals surface area contributed by atoms with Gasteiger partial charge in [-0.2, -0.15) is 0 Å². The van der Waals surface area contributed by atoms with E-state index in [2.05, 4.69) is 92.9 Å². The van der Waals surface area contributed by atoms with Gasteiger partial charge in [-0.15, -0.1) is 0 Å². The van der Waals surface area contributed by atoms with Crippen LogP contribution in [0.2, 0.25) is 36.3 Å². The number of aryl methyl sites for hydroxylation is 1. The lowest BCUT2D eigenvalue weighted by molar-refractivity contribution is -0.0264. The van der Waals surface area contributed by atoms with Gasteiger partial charge in [0.25, 0.3) is 0 Å². The Morgan fingerprint density at radius 1 is 0.804 bits per heavy atom. The Labute approximate surface area is 287 Å². The topological polar surface area (TPSA) is 38.7 Å². The summed E-state index contributed by atoms with van der Waals surface area (Å²) < 4.78 is 14.3. The Bertz CT molecular complexity index is 1120. The van der Waals surface area contributed by atoms with Gasteiger partial charge in [-0.05, 0) is 134 Å². The van der Waals surface area contributed by atoms with Crippen LogP contribution in [-0.2, 0) is 10.8 Å². The van der Waals surface area contributed by atoms with Crippen molar-refractivity contribution >= 4 is 16.6 Å². The molecule has 3 aliphatic carbocycles. The minimum atomic E-state index is -1.88. The van der Waals surface area contributed by atoms with Crippen molar-refractivity contribution in [3.63, 3.8) is 0 Å². The Morgan fingerprint density at radius 2 is 1.39 bits per heavy atom. The molecule has 264 valence electrons. The van der Waals surface area contributed by atoms with Crippen molar-refractivity contribution in [2.24, 2.45) is 23.2 Å². The summed E-state index contributed by atoms with van der Waals surface area (Å²) in [4.78, 5) is 0. The first kappa shape index (κ1) is 38.2. The van der Waals surface area contributed by atoms with E-state index < -0.39 is 16.6 Å². The molecule has 0 aromatic heterocycles. The van der Waals surface area contributed by atoms with Crippen molar-refractivity contribution < 1.29 is 14.0 Å². The fraction of sp³-hybridized carbons (Fsp3) is 0.854. The molecular formula is C41H74O3Si2. The molecular weight excluding hydrogens is 597 g/mol. The second kappa shape index (κ2) is 15.1. The third-order valence-corrected chi connectivity index (χ3v) is 22.7. The summed E-state index contributed by atoms with van der Waals surface area (Å²) in [6.45, 7) is 27.0. The molecule has 0 saturated heterocycles. The molecule has 4 rings (SSSR count). The number of hydrogen-bond donors (Lipinski definition) is 1. The van der Waals surface area contributed by atoms with Gasteiger partial charge in [0.05, 0.1) is 6.10 Å². The van der Waals surface area contributed by atoms with E-state index in [0.29, 0.717) is 30.0 Å². The van der Waals surface area contributed by atoms with E-state index in [4.69, 9.17) is 14.0 Å². The smallest absolute Gasteiger partial charge is 0.250 e. The minimum absolute atomic E-state index is 0.213. The Kier molecular flexibility index (Phi) is 12.5. The lowest BCUT2D eigenvalue weighted by Gasteiger charge is -2.52.